The van der Waals surface area contributed by atoms with Gasteiger partial charge in [-0.15, -0.1) is 23.2 Å². The maximum atomic E-state index is 9.25. The van der Waals surface area contributed by atoms with Crippen molar-refractivity contribution in [1.82, 2.24) is 0 Å². The number of carboxylic acids is 1. The third-order valence-electron chi connectivity index (χ3n) is 1.27. The summed E-state index contributed by atoms with van der Waals surface area (Å²) in [5.74, 6) is -0.242. The highest BCUT2D eigenvalue weighted by Crippen LogP contribution is 2.08. The minimum atomic E-state index is -0.981. The molecule has 1 unspecified atom stereocenters. The Bertz CT molecular complexity index is 138. The second-order valence-corrected chi connectivity index (χ2v) is 3.37. The summed E-state index contributed by atoms with van der Waals surface area (Å²) in [6, 6.07) is 0. The molecule has 0 heterocycles. The smallest absolute Gasteiger partial charge is 0.327 e. The van der Waals surface area contributed by atoms with Gasteiger partial charge in [-0.2, -0.15) is 0 Å². The minimum Gasteiger partial charge on any atom is -0.478 e. The molecule has 0 amide bonds. The van der Waals surface area contributed by atoms with Gasteiger partial charge in [0.05, 0.1) is 0 Å². The van der Waals surface area contributed by atoms with Crippen molar-refractivity contribution >= 4 is 29.2 Å². The van der Waals surface area contributed by atoms with Gasteiger partial charge in [0.2, 0.25) is 0 Å². The third kappa shape index (κ3) is 18.6. The van der Waals surface area contributed by atoms with Crippen LogP contribution in [0.5, 0.6) is 0 Å². The van der Waals surface area contributed by atoms with Crippen molar-refractivity contribution in [2.45, 2.75) is 31.6 Å². The molecule has 0 spiro atoms. The van der Waals surface area contributed by atoms with Gasteiger partial charge >= 0.3 is 5.97 Å². The number of hydrogen-bond acceptors (Lipinski definition) is 1. The lowest BCUT2D eigenvalue weighted by atomic mass is 10.2. The predicted molar refractivity (Wildman–Crippen MR) is 57.7 cm³/mol. The fourth-order valence-electron chi connectivity index (χ4n) is 0.503. The molecule has 13 heavy (non-hydrogen) atoms. The summed E-state index contributed by atoms with van der Waals surface area (Å²) in [7, 11) is 0. The van der Waals surface area contributed by atoms with Gasteiger partial charge in [0.15, 0.2) is 0 Å². The molecule has 1 atom stereocenters. The van der Waals surface area contributed by atoms with Crippen LogP contribution in [0.2, 0.25) is 0 Å². The van der Waals surface area contributed by atoms with Gasteiger partial charge in [-0.3, -0.25) is 0 Å². The molecule has 0 bridgehead atoms. The van der Waals surface area contributed by atoms with E-state index in [9.17, 15) is 4.79 Å². The first-order chi connectivity index (χ1) is 6.08. The zero-order chi connectivity index (χ0) is 10.7. The molecular formula is C9H16Cl2O2. The number of carboxylic acid groups (broad SMARTS) is 1. The van der Waals surface area contributed by atoms with Gasteiger partial charge in [0, 0.05) is 17.3 Å². The summed E-state index contributed by atoms with van der Waals surface area (Å²) in [6.07, 6.45) is 3.99. The van der Waals surface area contributed by atoms with Crippen LogP contribution < -0.4 is 0 Å². The van der Waals surface area contributed by atoms with E-state index in [1.54, 1.807) is 0 Å². The van der Waals surface area contributed by atoms with Gasteiger partial charge in [-0.05, 0) is 19.3 Å². The molecule has 0 aliphatic carbocycles. The number of alkyl halides is 2. The van der Waals surface area contributed by atoms with Gasteiger partial charge < -0.3 is 5.11 Å². The number of carbonyl (C=O) groups is 1. The quantitative estimate of drug-likeness (QED) is 0.578. The van der Waals surface area contributed by atoms with Gasteiger partial charge in [-0.1, -0.05) is 13.5 Å². The Hall–Kier alpha value is -0.210. The molecule has 0 rings (SSSR count). The predicted octanol–water partition coefficient (Wildman–Crippen LogP) is 3.28. The zero-order valence-electron chi connectivity index (χ0n) is 7.80. The first kappa shape index (κ1) is 15.3. The largest absolute Gasteiger partial charge is 0.478 e. The number of hydrogen-bond donors (Lipinski definition) is 1. The van der Waals surface area contributed by atoms with Crippen LogP contribution in [0.25, 0.3) is 0 Å². The maximum absolute atomic E-state index is 9.25. The van der Waals surface area contributed by atoms with Crippen LogP contribution in [0.3, 0.4) is 0 Å². The fourth-order valence-corrected chi connectivity index (χ4v) is 0.811. The normalized spacial score (nSPS) is 11.0. The Balaban J connectivity index is 0. The standard InChI is InChI=1S/C6H12Cl2.C3H4O2/c1-2-6(8)4-3-5-7;1-2-3(4)5/h6H,2-5H2,1H3;2H,1H2,(H,4,5). The van der Waals surface area contributed by atoms with E-state index >= 15 is 0 Å². The van der Waals surface area contributed by atoms with Crippen LogP contribution in [-0.4, -0.2) is 22.3 Å². The lowest BCUT2D eigenvalue weighted by molar-refractivity contribution is -0.131. The van der Waals surface area contributed by atoms with Gasteiger partial charge in [0.25, 0.3) is 0 Å². The monoisotopic (exact) mass is 226 g/mol. The first-order valence-corrected chi connectivity index (χ1v) is 5.10. The highest BCUT2D eigenvalue weighted by molar-refractivity contribution is 6.20. The Morgan fingerprint density at radius 2 is 2.15 bits per heavy atom. The number of aliphatic carboxylic acids is 1. The van der Waals surface area contributed by atoms with E-state index in [2.05, 4.69) is 13.5 Å². The van der Waals surface area contributed by atoms with E-state index in [0.29, 0.717) is 5.38 Å². The van der Waals surface area contributed by atoms with Crippen LogP contribution in [0.4, 0.5) is 0 Å². The van der Waals surface area contributed by atoms with Crippen LogP contribution in [0.15, 0.2) is 12.7 Å². The molecule has 0 aromatic heterocycles. The Kier molecular flexibility index (Phi) is 13.8. The summed E-state index contributed by atoms with van der Waals surface area (Å²) < 4.78 is 0. The fraction of sp³-hybridized carbons (Fsp3) is 0.667. The van der Waals surface area contributed by atoms with E-state index in [1.807, 2.05) is 0 Å². The molecule has 1 N–H and O–H groups in total. The molecule has 0 aliphatic heterocycles. The molecule has 0 fully saturated rings. The summed E-state index contributed by atoms with van der Waals surface area (Å²) in [6.45, 7) is 5.05. The molecule has 4 heteroatoms. The van der Waals surface area contributed by atoms with E-state index in [4.69, 9.17) is 28.3 Å². The minimum absolute atomic E-state index is 0.341. The summed E-state index contributed by atoms with van der Waals surface area (Å²) >= 11 is 11.2. The van der Waals surface area contributed by atoms with Crippen molar-refractivity contribution < 1.29 is 9.90 Å². The molecular weight excluding hydrogens is 211 g/mol. The van der Waals surface area contributed by atoms with Crippen molar-refractivity contribution in [3.8, 4) is 0 Å². The lowest BCUT2D eigenvalue weighted by Crippen LogP contribution is -1.94. The molecule has 0 radical (unpaired) electrons. The SMILES string of the molecule is C=CC(=O)O.CCC(Cl)CCCCl. The van der Waals surface area contributed by atoms with E-state index < -0.39 is 5.97 Å². The van der Waals surface area contributed by atoms with Crippen LogP contribution >= 0.6 is 23.2 Å². The van der Waals surface area contributed by atoms with E-state index in [0.717, 1.165) is 31.2 Å². The maximum Gasteiger partial charge on any atom is 0.327 e. The van der Waals surface area contributed by atoms with Crippen molar-refractivity contribution in [2.75, 3.05) is 5.88 Å². The van der Waals surface area contributed by atoms with Crippen molar-refractivity contribution in [3.05, 3.63) is 12.7 Å². The van der Waals surface area contributed by atoms with Gasteiger partial charge in [-0.25, -0.2) is 4.79 Å². The highest BCUT2D eigenvalue weighted by atomic mass is 35.5. The number of rotatable bonds is 5. The van der Waals surface area contributed by atoms with Crippen molar-refractivity contribution in [3.63, 3.8) is 0 Å². The summed E-state index contributed by atoms with van der Waals surface area (Å²) in [5, 5.41) is 7.95. The molecule has 2 nitrogen and oxygen atoms in total. The molecule has 0 saturated heterocycles. The molecule has 0 aromatic rings. The summed E-state index contributed by atoms with van der Waals surface area (Å²) in [4.78, 5) is 9.25. The van der Waals surface area contributed by atoms with Crippen LogP contribution in [0.1, 0.15) is 26.2 Å². The Morgan fingerprint density at radius 1 is 1.69 bits per heavy atom. The first-order valence-electron chi connectivity index (χ1n) is 4.13. The Labute approximate surface area is 89.5 Å². The van der Waals surface area contributed by atoms with Gasteiger partial charge in [0.1, 0.15) is 0 Å². The van der Waals surface area contributed by atoms with Crippen molar-refractivity contribution in [2.24, 2.45) is 0 Å². The van der Waals surface area contributed by atoms with Crippen LogP contribution in [0, 0.1) is 0 Å². The second-order valence-electron chi connectivity index (χ2n) is 2.38. The second kappa shape index (κ2) is 11.8. The lowest BCUT2D eigenvalue weighted by Gasteiger charge is -2.01. The number of halogens is 2. The topological polar surface area (TPSA) is 37.3 Å². The molecule has 0 saturated carbocycles. The highest BCUT2D eigenvalue weighted by Gasteiger charge is 1.97. The average Bonchev–Trinajstić information content (AvgIpc) is 2.15. The zero-order valence-corrected chi connectivity index (χ0v) is 9.31. The summed E-state index contributed by atoms with van der Waals surface area (Å²) in [5.41, 5.74) is 0. The van der Waals surface area contributed by atoms with Crippen LogP contribution in [-0.2, 0) is 4.79 Å². The van der Waals surface area contributed by atoms with E-state index in [1.165, 1.54) is 0 Å². The van der Waals surface area contributed by atoms with Crippen molar-refractivity contribution in [1.29, 1.82) is 0 Å². The average molecular weight is 227 g/mol. The molecule has 78 valence electrons. The molecule has 0 aromatic carbocycles. The third-order valence-corrected chi connectivity index (χ3v) is 2.06. The van der Waals surface area contributed by atoms with E-state index in [-0.39, 0.29) is 0 Å². The molecule has 0 aliphatic rings. The Morgan fingerprint density at radius 3 is 2.38 bits per heavy atom.